The van der Waals surface area contributed by atoms with Crippen LogP contribution in [0.4, 0.5) is 32.0 Å². The zero-order valence-corrected chi connectivity index (χ0v) is 12.5. The van der Waals surface area contributed by atoms with Crippen LogP contribution in [-0.2, 0) is 15.7 Å². The Morgan fingerprint density at radius 1 is 1.32 bits per heavy atom. The number of aromatic nitrogens is 1. The van der Waals surface area contributed by atoms with Crippen molar-refractivity contribution in [3.8, 4) is 0 Å². The third kappa shape index (κ3) is 5.19. The highest BCUT2D eigenvalue weighted by atomic mass is 19.4. The number of halogens is 6. The topological polar surface area (TPSA) is 74.4 Å². The molecule has 12 heteroatoms. The molecule has 1 aliphatic heterocycles. The number of rotatable bonds is 3. The van der Waals surface area contributed by atoms with Gasteiger partial charge < -0.3 is 15.0 Å². The third-order valence-electron chi connectivity index (χ3n) is 3.41. The van der Waals surface area contributed by atoms with Crippen LogP contribution in [-0.4, -0.2) is 54.3 Å². The lowest BCUT2D eigenvalue weighted by Crippen LogP contribution is -2.54. The molecule has 140 valence electrons. The molecule has 0 aliphatic carbocycles. The lowest BCUT2D eigenvalue weighted by atomic mass is 10.2. The molecule has 1 amide bonds. The fourth-order valence-electron chi connectivity index (χ4n) is 2.26. The Bertz CT molecular complexity index is 685. The van der Waals surface area contributed by atoms with E-state index in [0.717, 1.165) is 4.90 Å². The van der Waals surface area contributed by atoms with Gasteiger partial charge in [0, 0.05) is 12.7 Å². The Hall–Kier alpha value is -2.08. The minimum absolute atomic E-state index is 0.0238. The second kappa shape index (κ2) is 7.04. The first kappa shape index (κ1) is 19.2. The van der Waals surface area contributed by atoms with E-state index in [2.05, 4.69) is 0 Å². The fourth-order valence-corrected chi connectivity index (χ4v) is 2.26. The molecule has 0 aromatic carbocycles. The molecule has 1 aromatic rings. The summed E-state index contributed by atoms with van der Waals surface area (Å²) in [4.78, 5) is 26.3. The van der Waals surface area contributed by atoms with Gasteiger partial charge in [0.2, 0.25) is 5.91 Å². The molecule has 2 N–H and O–H groups in total. The van der Waals surface area contributed by atoms with Gasteiger partial charge in [0.05, 0.1) is 25.3 Å². The van der Waals surface area contributed by atoms with E-state index in [-0.39, 0.29) is 19.8 Å². The van der Waals surface area contributed by atoms with Gasteiger partial charge in [-0.3, -0.25) is 14.5 Å². The van der Waals surface area contributed by atoms with Crippen molar-refractivity contribution in [1.29, 1.82) is 0 Å². The fraction of sp³-hybridized carbons (Fsp3) is 0.538. The quantitative estimate of drug-likeness (QED) is 0.790. The molecule has 0 radical (unpaired) electrons. The maximum Gasteiger partial charge on any atom is 0.417 e. The van der Waals surface area contributed by atoms with Gasteiger partial charge in [-0.25, -0.2) is 0 Å². The van der Waals surface area contributed by atoms with Crippen molar-refractivity contribution in [2.24, 2.45) is 0 Å². The Morgan fingerprint density at radius 3 is 2.60 bits per heavy atom. The van der Waals surface area contributed by atoms with Crippen molar-refractivity contribution in [3.05, 3.63) is 28.2 Å². The summed E-state index contributed by atoms with van der Waals surface area (Å²) in [5.74, 6) is -1.06. The largest absolute Gasteiger partial charge is 0.417 e. The number of hydrogen-bond donors (Lipinski definition) is 2. The molecule has 1 aromatic heterocycles. The number of aromatic amines is 1. The molecule has 6 nitrogen and oxygen atoms in total. The molecule has 0 spiro atoms. The minimum Gasteiger partial charge on any atom is -0.378 e. The van der Waals surface area contributed by atoms with E-state index in [1.54, 1.807) is 0 Å². The van der Waals surface area contributed by atoms with E-state index in [1.165, 1.54) is 0 Å². The lowest BCUT2D eigenvalue weighted by Gasteiger charge is -2.34. The number of ether oxygens (including phenoxy) is 1. The second-order valence-corrected chi connectivity index (χ2v) is 5.29. The van der Waals surface area contributed by atoms with Gasteiger partial charge in [0.15, 0.2) is 0 Å². The van der Waals surface area contributed by atoms with Crippen molar-refractivity contribution in [2.75, 3.05) is 31.6 Å². The van der Waals surface area contributed by atoms with Crippen LogP contribution in [0.3, 0.4) is 0 Å². The molecule has 0 bridgehead atoms. The average Bonchev–Trinajstić information content (AvgIpc) is 2.47. The van der Waals surface area contributed by atoms with Crippen LogP contribution >= 0.6 is 0 Å². The summed E-state index contributed by atoms with van der Waals surface area (Å²) in [6.45, 7) is -1.97. The number of H-pyrrole nitrogens is 1. The summed E-state index contributed by atoms with van der Waals surface area (Å²) >= 11 is 0. The standard InChI is InChI=1S/C13H13F6N3O3/c14-12(15,16)6-22-1-2-25-5-9(22)11(24)21-8-3-7(13(17,18)19)4-20-10(8)23/h3-4,9H,1-2,5-6H2,(H,20,23)(H,21,24). The number of anilines is 1. The number of morpholine rings is 1. The van der Waals surface area contributed by atoms with Crippen LogP contribution in [0.15, 0.2) is 17.1 Å². The van der Waals surface area contributed by atoms with Crippen molar-refractivity contribution < 1.29 is 35.9 Å². The maximum atomic E-state index is 12.7. The number of hydrogen-bond acceptors (Lipinski definition) is 4. The summed E-state index contributed by atoms with van der Waals surface area (Å²) in [6, 6.07) is -0.974. The first-order chi connectivity index (χ1) is 11.5. The SMILES string of the molecule is O=C(Nc1cc(C(F)(F)F)c[nH]c1=O)C1COCCN1CC(F)(F)F. The summed E-state index contributed by atoms with van der Waals surface area (Å²) in [6.07, 6.45) is -8.90. The molecular formula is C13H13F6N3O3. The summed E-state index contributed by atoms with van der Waals surface area (Å²) in [5.41, 5.74) is -2.94. The van der Waals surface area contributed by atoms with Gasteiger partial charge in [0.25, 0.3) is 5.56 Å². The van der Waals surface area contributed by atoms with Gasteiger partial charge in [-0.2, -0.15) is 26.3 Å². The summed E-state index contributed by atoms with van der Waals surface area (Å²) < 4.78 is 80.6. The number of alkyl halides is 6. The monoisotopic (exact) mass is 373 g/mol. The minimum atomic E-state index is -4.76. The van der Waals surface area contributed by atoms with E-state index in [9.17, 15) is 35.9 Å². The summed E-state index contributed by atoms with van der Waals surface area (Å²) in [7, 11) is 0. The highest BCUT2D eigenvalue weighted by Crippen LogP contribution is 2.29. The number of carbonyl (C=O) groups excluding carboxylic acids is 1. The molecule has 2 heterocycles. The van der Waals surface area contributed by atoms with Gasteiger partial charge in [-0.15, -0.1) is 0 Å². The van der Waals surface area contributed by atoms with Crippen LogP contribution in [0, 0.1) is 0 Å². The lowest BCUT2D eigenvalue weighted by molar-refractivity contribution is -0.165. The third-order valence-corrected chi connectivity index (χ3v) is 3.41. The Morgan fingerprint density at radius 2 is 2.00 bits per heavy atom. The van der Waals surface area contributed by atoms with Crippen LogP contribution in [0.25, 0.3) is 0 Å². The van der Waals surface area contributed by atoms with Gasteiger partial charge in [-0.1, -0.05) is 0 Å². The molecule has 1 saturated heterocycles. The first-order valence-electron chi connectivity index (χ1n) is 6.97. The number of nitrogens with zero attached hydrogens (tertiary/aromatic N) is 1. The van der Waals surface area contributed by atoms with E-state index in [4.69, 9.17) is 4.74 Å². The van der Waals surface area contributed by atoms with Gasteiger partial charge >= 0.3 is 12.4 Å². The van der Waals surface area contributed by atoms with Crippen molar-refractivity contribution in [1.82, 2.24) is 9.88 Å². The number of pyridine rings is 1. The van der Waals surface area contributed by atoms with E-state index in [1.807, 2.05) is 10.3 Å². The van der Waals surface area contributed by atoms with Crippen molar-refractivity contribution >= 4 is 11.6 Å². The van der Waals surface area contributed by atoms with Crippen LogP contribution < -0.4 is 10.9 Å². The number of amides is 1. The Labute approximate surface area is 136 Å². The Balaban J connectivity index is 2.19. The summed E-state index contributed by atoms with van der Waals surface area (Å²) in [5, 5.41) is 1.94. The van der Waals surface area contributed by atoms with Crippen molar-refractivity contribution in [3.63, 3.8) is 0 Å². The highest BCUT2D eigenvalue weighted by Gasteiger charge is 2.38. The van der Waals surface area contributed by atoms with Gasteiger partial charge in [-0.05, 0) is 6.07 Å². The van der Waals surface area contributed by atoms with Gasteiger partial charge in [0.1, 0.15) is 11.7 Å². The first-order valence-corrected chi connectivity index (χ1v) is 6.97. The molecule has 1 unspecified atom stereocenters. The molecule has 1 atom stereocenters. The van der Waals surface area contributed by atoms with E-state index in [0.29, 0.717) is 12.3 Å². The van der Waals surface area contributed by atoms with Crippen LogP contribution in [0.5, 0.6) is 0 Å². The van der Waals surface area contributed by atoms with Crippen LogP contribution in [0.2, 0.25) is 0 Å². The number of carbonyl (C=O) groups is 1. The molecule has 1 fully saturated rings. The highest BCUT2D eigenvalue weighted by molar-refractivity contribution is 5.94. The predicted molar refractivity (Wildman–Crippen MR) is 72.9 cm³/mol. The van der Waals surface area contributed by atoms with E-state index >= 15 is 0 Å². The smallest absolute Gasteiger partial charge is 0.378 e. The zero-order chi connectivity index (χ0) is 18.8. The molecule has 2 rings (SSSR count). The molecule has 25 heavy (non-hydrogen) atoms. The normalized spacial score (nSPS) is 19.7. The maximum absolute atomic E-state index is 12.7. The zero-order valence-electron chi connectivity index (χ0n) is 12.5. The Kier molecular flexibility index (Phi) is 5.42. The predicted octanol–water partition coefficient (Wildman–Crippen LogP) is 1.60. The average molecular weight is 373 g/mol. The molecular weight excluding hydrogens is 360 g/mol. The second-order valence-electron chi connectivity index (χ2n) is 5.29. The number of nitrogens with one attached hydrogen (secondary N) is 2. The molecule has 0 saturated carbocycles. The van der Waals surface area contributed by atoms with Crippen molar-refractivity contribution in [2.45, 2.75) is 18.4 Å². The van der Waals surface area contributed by atoms with E-state index < -0.39 is 47.7 Å². The molecule has 1 aliphatic rings. The van der Waals surface area contributed by atoms with Crippen LogP contribution in [0.1, 0.15) is 5.56 Å².